The molecule has 5 rings (SSSR count). The predicted molar refractivity (Wildman–Crippen MR) is 172 cm³/mol. The molecule has 2 aliphatic heterocycles. The third kappa shape index (κ3) is 7.81. The van der Waals surface area contributed by atoms with Crippen LogP contribution in [0, 0.1) is 17.0 Å². The average molecular weight is 592 g/mol. The second-order valence-electron chi connectivity index (χ2n) is 11.3. The summed E-state index contributed by atoms with van der Waals surface area (Å²) in [4.78, 5) is 17.6. The van der Waals surface area contributed by atoms with Gasteiger partial charge >= 0.3 is 0 Å². The molecule has 44 heavy (non-hydrogen) atoms. The summed E-state index contributed by atoms with van der Waals surface area (Å²) in [6, 6.07) is 14.0. The van der Waals surface area contributed by atoms with Crippen molar-refractivity contribution in [2.75, 3.05) is 55.3 Å². The van der Waals surface area contributed by atoms with Crippen LogP contribution in [0.1, 0.15) is 39.9 Å². The number of carbonyl (C=O) groups excluding carboxylic acids is 1. The number of amidine groups is 1. The Labute approximate surface area is 260 Å². The normalized spacial score (nSPS) is 16.5. The van der Waals surface area contributed by atoms with E-state index in [2.05, 4.69) is 15.5 Å². The summed E-state index contributed by atoms with van der Waals surface area (Å²) in [5.41, 5.74) is 9.82. The summed E-state index contributed by atoms with van der Waals surface area (Å²) in [5, 5.41) is 13.5. The molecule has 0 unspecified atom stereocenters. The molecular weight excluding hydrogens is 559 g/mol. The highest BCUT2D eigenvalue weighted by atomic mass is 19.1. The lowest BCUT2D eigenvalue weighted by atomic mass is 9.48. The fraction of sp³-hybridized carbons (Fsp3) is 0.355. The van der Waals surface area contributed by atoms with Crippen LogP contribution in [0.25, 0.3) is 0 Å². The fourth-order valence-corrected chi connectivity index (χ4v) is 5.59. The van der Waals surface area contributed by atoms with Crippen LogP contribution in [0.3, 0.4) is 0 Å². The van der Waals surface area contributed by atoms with E-state index in [1.165, 1.54) is 12.1 Å². The summed E-state index contributed by atoms with van der Waals surface area (Å²) in [6.07, 6.45) is 1.81. The number of halogens is 2. The molecular formula is C31H33B3F2N6O2. The monoisotopic (exact) mass is 592 g/mol. The van der Waals surface area contributed by atoms with Gasteiger partial charge in [-0.2, -0.15) is 0 Å². The van der Waals surface area contributed by atoms with E-state index in [0.717, 1.165) is 24.6 Å². The molecule has 2 heterocycles. The molecule has 1 amide bonds. The molecule has 2 saturated heterocycles. The Morgan fingerprint density at radius 1 is 0.932 bits per heavy atom. The van der Waals surface area contributed by atoms with Crippen molar-refractivity contribution in [2.45, 2.75) is 30.5 Å². The second-order valence-corrected chi connectivity index (χ2v) is 11.3. The van der Waals surface area contributed by atoms with E-state index in [1.807, 2.05) is 17.0 Å². The minimum absolute atomic E-state index is 0.120. The van der Waals surface area contributed by atoms with E-state index in [0.29, 0.717) is 67.3 Å². The number of hydrogen-bond acceptors (Lipinski definition) is 7. The molecule has 8 nitrogen and oxygen atoms in total. The third-order valence-electron chi connectivity index (χ3n) is 7.98. The first-order chi connectivity index (χ1) is 21.0. The Morgan fingerprint density at radius 3 is 2.27 bits per heavy atom. The van der Waals surface area contributed by atoms with E-state index in [9.17, 15) is 13.6 Å². The lowest BCUT2D eigenvalue weighted by Crippen LogP contribution is -2.58. The van der Waals surface area contributed by atoms with Crippen LogP contribution in [-0.4, -0.2) is 90.9 Å². The zero-order chi connectivity index (χ0) is 31.4. The number of nitrogens with zero attached hydrogens (tertiary/aromatic N) is 2. The van der Waals surface area contributed by atoms with E-state index < -0.39 is 22.8 Å². The molecule has 0 aromatic heterocycles. The number of nitrogen functional groups attached to an aromatic ring is 1. The number of benzene rings is 3. The highest BCUT2D eigenvalue weighted by molar-refractivity contribution is 6.59. The van der Waals surface area contributed by atoms with Crippen molar-refractivity contribution in [3.63, 3.8) is 0 Å². The van der Waals surface area contributed by atoms with Crippen molar-refractivity contribution in [3.05, 3.63) is 88.5 Å². The van der Waals surface area contributed by atoms with Crippen LogP contribution >= 0.6 is 0 Å². The number of hydrogen-bond donors (Lipinski definition) is 4. The molecule has 3 aromatic rings. The van der Waals surface area contributed by atoms with Crippen molar-refractivity contribution in [3.8, 4) is 0 Å². The van der Waals surface area contributed by atoms with Crippen LogP contribution in [0.4, 0.5) is 25.8 Å². The quantitative estimate of drug-likeness (QED) is 0.139. The van der Waals surface area contributed by atoms with Gasteiger partial charge in [-0.15, -0.1) is 0 Å². The highest BCUT2D eigenvalue weighted by Gasteiger charge is 2.26. The Bertz CT molecular complexity index is 1500. The van der Waals surface area contributed by atoms with Crippen LogP contribution in [0.5, 0.6) is 0 Å². The van der Waals surface area contributed by atoms with Crippen LogP contribution in [0.2, 0.25) is 0 Å². The van der Waals surface area contributed by atoms with Gasteiger partial charge in [0.1, 0.15) is 17.5 Å². The van der Waals surface area contributed by atoms with Gasteiger partial charge in [0.15, 0.2) is 0 Å². The van der Waals surface area contributed by atoms with Crippen molar-refractivity contribution >= 4 is 52.3 Å². The maximum absolute atomic E-state index is 13.7. The molecule has 0 atom stereocenters. The smallest absolute Gasteiger partial charge is 0.258 e. The Hall–Kier alpha value is -3.83. The number of ether oxygens (including phenoxy) is 1. The van der Waals surface area contributed by atoms with E-state index in [-0.39, 0.29) is 24.0 Å². The summed E-state index contributed by atoms with van der Waals surface area (Å²) in [6.45, 7) is 3.72. The number of piperazine rings is 1. The van der Waals surface area contributed by atoms with Crippen LogP contribution in [0.15, 0.2) is 54.6 Å². The second kappa shape index (κ2) is 13.4. The van der Waals surface area contributed by atoms with Gasteiger partial charge in [0.2, 0.25) is 0 Å². The molecule has 0 bridgehead atoms. The molecule has 0 saturated carbocycles. The SMILES string of the molecule is [B]C([B])([B])N1CCN(c2ccc(C(=O)NC(=N)c3cc(Cc4cc(F)cc(F)c4)ccc3N)c(NC3CCOCC3)c2)CC1. The number of nitrogens with one attached hydrogen (secondary N) is 3. The van der Waals surface area contributed by atoms with Gasteiger partial charge < -0.3 is 30.9 Å². The summed E-state index contributed by atoms with van der Waals surface area (Å²) in [7, 11) is 17.6. The fourth-order valence-electron chi connectivity index (χ4n) is 5.59. The topological polar surface area (TPSA) is 107 Å². The Balaban J connectivity index is 1.34. The van der Waals surface area contributed by atoms with Crippen molar-refractivity contribution in [2.24, 2.45) is 0 Å². The zero-order valence-electron chi connectivity index (χ0n) is 24.4. The zero-order valence-corrected chi connectivity index (χ0v) is 24.4. The first-order valence-corrected chi connectivity index (χ1v) is 14.5. The van der Waals surface area contributed by atoms with Crippen LogP contribution in [-0.2, 0) is 11.2 Å². The molecule has 2 fully saturated rings. The largest absolute Gasteiger partial charge is 0.398 e. The molecule has 222 valence electrons. The highest BCUT2D eigenvalue weighted by Crippen LogP contribution is 2.28. The first-order valence-electron chi connectivity index (χ1n) is 14.5. The van der Waals surface area contributed by atoms with Gasteiger partial charge in [0.25, 0.3) is 5.91 Å². The number of nitrogens with two attached hydrogens (primary N) is 1. The lowest BCUT2D eigenvalue weighted by Gasteiger charge is -2.44. The Morgan fingerprint density at radius 2 is 1.61 bits per heavy atom. The molecule has 13 heteroatoms. The maximum atomic E-state index is 13.7. The van der Waals surface area contributed by atoms with Crippen molar-refractivity contribution in [1.82, 2.24) is 10.2 Å². The van der Waals surface area contributed by atoms with Gasteiger partial charge in [0, 0.05) is 74.1 Å². The van der Waals surface area contributed by atoms with Gasteiger partial charge in [-0.1, -0.05) is 11.3 Å². The molecule has 2 aliphatic rings. The summed E-state index contributed by atoms with van der Waals surface area (Å²) in [5.74, 6) is -2.00. The summed E-state index contributed by atoms with van der Waals surface area (Å²) < 4.78 is 32.9. The van der Waals surface area contributed by atoms with E-state index in [4.69, 9.17) is 39.4 Å². The van der Waals surface area contributed by atoms with Crippen LogP contribution < -0.4 is 21.3 Å². The molecule has 0 spiro atoms. The third-order valence-corrected chi connectivity index (χ3v) is 7.98. The number of anilines is 3. The standard InChI is InChI=1S/C31H33B3F2N6O2/c32-31(33,34)42-9-7-41(8-10-42)24-2-3-25(28(18-24)39-23-5-11-44-12-6-23)30(43)40-29(38)26-16-19(1-4-27(26)37)13-20-14-21(35)17-22(36)15-20/h1-4,14-18,23,39H,5-13,37H2,(H2,38,40,43). The predicted octanol–water partition coefficient (Wildman–Crippen LogP) is 2.72. The van der Waals surface area contributed by atoms with E-state index >= 15 is 0 Å². The molecule has 3 aromatic carbocycles. The van der Waals surface area contributed by atoms with Crippen molar-refractivity contribution < 1.29 is 18.3 Å². The minimum Gasteiger partial charge on any atom is -0.398 e. The Kier molecular flexibility index (Phi) is 9.65. The number of carbonyl (C=O) groups is 1. The number of amides is 1. The number of rotatable bonds is 8. The average Bonchev–Trinajstić information content (AvgIpc) is 2.97. The van der Waals surface area contributed by atoms with Crippen molar-refractivity contribution in [1.29, 1.82) is 5.41 Å². The van der Waals surface area contributed by atoms with Gasteiger partial charge in [-0.05, 0) is 72.9 Å². The minimum atomic E-state index is -1.38. The van der Waals surface area contributed by atoms with E-state index in [1.54, 1.807) is 24.3 Å². The molecule has 6 radical (unpaired) electrons. The molecule has 5 N–H and O–H groups in total. The van der Waals surface area contributed by atoms with Gasteiger partial charge in [0.05, 0.1) is 29.1 Å². The van der Waals surface area contributed by atoms with Gasteiger partial charge in [-0.3, -0.25) is 10.2 Å². The summed E-state index contributed by atoms with van der Waals surface area (Å²) >= 11 is 0. The lowest BCUT2D eigenvalue weighted by molar-refractivity contribution is 0.0904. The first kappa shape index (κ1) is 31.6. The molecule has 0 aliphatic carbocycles. The maximum Gasteiger partial charge on any atom is 0.258 e. The van der Waals surface area contributed by atoms with Gasteiger partial charge in [-0.25, -0.2) is 8.78 Å².